The smallest absolute Gasteiger partial charge is 0.407 e. The number of rotatable bonds is 3. The molecule has 1 aromatic rings. The normalized spacial score (nSPS) is 19.0. The molecule has 1 atom stereocenters. The fraction of sp³-hybridized carbons (Fsp3) is 0.529. The summed E-state index contributed by atoms with van der Waals surface area (Å²) in [6, 6.07) is 9.81. The van der Waals surface area contributed by atoms with E-state index < -0.39 is 11.7 Å². The summed E-state index contributed by atoms with van der Waals surface area (Å²) in [6.45, 7) is 6.59. The Hall–Kier alpha value is -2.04. The third kappa shape index (κ3) is 5.06. The van der Waals surface area contributed by atoms with Gasteiger partial charge in [0.1, 0.15) is 5.60 Å². The van der Waals surface area contributed by atoms with E-state index in [1.807, 2.05) is 51.1 Å². The number of nitrogens with one attached hydrogen (secondary N) is 1. The van der Waals surface area contributed by atoms with Gasteiger partial charge < -0.3 is 15.0 Å². The standard InChI is InChI=1S/C17H24N2O3/c1-17(2,3)22-16(21)18-14-9-10-15(20)19(12-14)11-13-7-5-4-6-8-13/h4-8,14H,9-12H2,1-3H3,(H,18,21). The minimum Gasteiger partial charge on any atom is -0.444 e. The molecule has 1 aromatic carbocycles. The molecule has 22 heavy (non-hydrogen) atoms. The molecule has 1 aliphatic rings. The zero-order valence-electron chi connectivity index (χ0n) is 13.5. The van der Waals surface area contributed by atoms with Gasteiger partial charge in [0, 0.05) is 19.5 Å². The number of piperidine rings is 1. The van der Waals surface area contributed by atoms with Crippen molar-refractivity contribution in [3.05, 3.63) is 35.9 Å². The van der Waals surface area contributed by atoms with E-state index in [2.05, 4.69) is 5.32 Å². The highest BCUT2D eigenvalue weighted by atomic mass is 16.6. The van der Waals surface area contributed by atoms with Crippen LogP contribution in [0.15, 0.2) is 30.3 Å². The van der Waals surface area contributed by atoms with Crippen molar-refractivity contribution in [1.82, 2.24) is 10.2 Å². The van der Waals surface area contributed by atoms with Crippen LogP contribution in [0.4, 0.5) is 4.79 Å². The summed E-state index contributed by atoms with van der Waals surface area (Å²) in [5, 5.41) is 2.86. The van der Waals surface area contributed by atoms with Gasteiger partial charge in [-0.1, -0.05) is 30.3 Å². The summed E-state index contributed by atoms with van der Waals surface area (Å²) >= 11 is 0. The number of carbonyl (C=O) groups is 2. The van der Waals surface area contributed by atoms with Crippen LogP contribution in [0.5, 0.6) is 0 Å². The summed E-state index contributed by atoms with van der Waals surface area (Å²) in [7, 11) is 0. The lowest BCUT2D eigenvalue weighted by Gasteiger charge is -2.33. The van der Waals surface area contributed by atoms with E-state index in [-0.39, 0.29) is 11.9 Å². The van der Waals surface area contributed by atoms with Gasteiger partial charge in [-0.3, -0.25) is 4.79 Å². The topological polar surface area (TPSA) is 58.6 Å². The second-order valence-electron chi connectivity index (χ2n) is 6.64. The lowest BCUT2D eigenvalue weighted by Crippen LogP contribution is -2.50. The highest BCUT2D eigenvalue weighted by Crippen LogP contribution is 2.16. The summed E-state index contributed by atoms with van der Waals surface area (Å²) in [5.41, 5.74) is 0.576. The van der Waals surface area contributed by atoms with Gasteiger partial charge in [-0.15, -0.1) is 0 Å². The highest BCUT2D eigenvalue weighted by Gasteiger charge is 2.28. The van der Waals surface area contributed by atoms with E-state index in [1.165, 1.54) is 0 Å². The number of hydrogen-bond donors (Lipinski definition) is 1. The van der Waals surface area contributed by atoms with Gasteiger partial charge in [-0.05, 0) is 32.8 Å². The molecule has 5 heteroatoms. The zero-order chi connectivity index (χ0) is 16.2. The molecule has 1 N–H and O–H groups in total. The molecule has 2 rings (SSSR count). The minimum absolute atomic E-state index is 0.0590. The van der Waals surface area contributed by atoms with E-state index >= 15 is 0 Å². The van der Waals surface area contributed by atoms with Crippen molar-refractivity contribution in [3.8, 4) is 0 Å². The number of nitrogens with zero attached hydrogens (tertiary/aromatic N) is 1. The Morgan fingerprint density at radius 3 is 2.64 bits per heavy atom. The number of benzene rings is 1. The van der Waals surface area contributed by atoms with Crippen LogP contribution >= 0.6 is 0 Å². The van der Waals surface area contributed by atoms with Gasteiger partial charge in [-0.2, -0.15) is 0 Å². The predicted molar refractivity (Wildman–Crippen MR) is 84.3 cm³/mol. The van der Waals surface area contributed by atoms with E-state index in [0.717, 1.165) is 5.56 Å². The first-order valence-electron chi connectivity index (χ1n) is 7.65. The number of amides is 2. The number of carbonyl (C=O) groups excluding carboxylic acids is 2. The Balaban J connectivity index is 1.90. The maximum Gasteiger partial charge on any atom is 0.407 e. The Kier molecular flexibility index (Phi) is 5.06. The molecule has 0 aromatic heterocycles. The molecule has 1 saturated heterocycles. The first kappa shape index (κ1) is 16.3. The van der Waals surface area contributed by atoms with Crippen LogP contribution in [0, 0.1) is 0 Å². The summed E-state index contributed by atoms with van der Waals surface area (Å²) in [4.78, 5) is 25.7. The molecule has 120 valence electrons. The predicted octanol–water partition coefficient (Wildman–Crippen LogP) is 2.70. The Labute approximate surface area is 131 Å². The molecule has 5 nitrogen and oxygen atoms in total. The summed E-state index contributed by atoms with van der Waals surface area (Å²) in [6.07, 6.45) is 0.683. The number of hydrogen-bond acceptors (Lipinski definition) is 3. The first-order chi connectivity index (χ1) is 10.3. The van der Waals surface area contributed by atoms with Gasteiger partial charge in [-0.25, -0.2) is 4.79 Å². The largest absolute Gasteiger partial charge is 0.444 e. The third-order valence-corrected chi connectivity index (χ3v) is 3.44. The summed E-state index contributed by atoms with van der Waals surface area (Å²) < 4.78 is 5.27. The van der Waals surface area contributed by atoms with Crippen molar-refractivity contribution in [2.45, 2.75) is 51.8 Å². The van der Waals surface area contributed by atoms with Crippen molar-refractivity contribution in [1.29, 1.82) is 0 Å². The number of likely N-dealkylation sites (tertiary alicyclic amines) is 1. The quantitative estimate of drug-likeness (QED) is 0.934. The molecule has 1 heterocycles. The van der Waals surface area contributed by atoms with Crippen molar-refractivity contribution in [3.63, 3.8) is 0 Å². The van der Waals surface area contributed by atoms with E-state index in [4.69, 9.17) is 4.74 Å². The van der Waals surface area contributed by atoms with Gasteiger partial charge in [0.2, 0.25) is 5.91 Å². The average molecular weight is 304 g/mol. The van der Waals surface area contributed by atoms with Gasteiger partial charge >= 0.3 is 6.09 Å². The molecule has 0 spiro atoms. The molecular formula is C17H24N2O3. The van der Waals surface area contributed by atoms with Crippen molar-refractivity contribution >= 4 is 12.0 Å². The molecule has 1 unspecified atom stereocenters. The van der Waals surface area contributed by atoms with Crippen molar-refractivity contribution in [2.75, 3.05) is 6.54 Å². The number of ether oxygens (including phenoxy) is 1. The summed E-state index contributed by atoms with van der Waals surface area (Å²) in [5.74, 6) is 0.131. The average Bonchev–Trinajstić information content (AvgIpc) is 2.41. The molecule has 2 amide bonds. The van der Waals surface area contributed by atoms with Crippen LogP contribution in [0.2, 0.25) is 0 Å². The highest BCUT2D eigenvalue weighted by molar-refractivity contribution is 5.77. The second-order valence-corrected chi connectivity index (χ2v) is 6.64. The zero-order valence-corrected chi connectivity index (χ0v) is 13.5. The van der Waals surface area contributed by atoms with Crippen molar-refractivity contribution in [2.24, 2.45) is 0 Å². The van der Waals surface area contributed by atoms with Crippen LogP contribution < -0.4 is 5.32 Å². The molecule has 0 bridgehead atoms. The minimum atomic E-state index is -0.516. The van der Waals surface area contributed by atoms with E-state index in [1.54, 1.807) is 4.90 Å². The SMILES string of the molecule is CC(C)(C)OC(=O)NC1CCC(=O)N(Cc2ccccc2)C1. The molecule has 0 radical (unpaired) electrons. The lowest BCUT2D eigenvalue weighted by molar-refractivity contribution is -0.134. The van der Waals surface area contributed by atoms with Gasteiger partial charge in [0.25, 0.3) is 0 Å². The van der Waals surface area contributed by atoms with E-state index in [0.29, 0.717) is 25.9 Å². The fourth-order valence-electron chi connectivity index (χ4n) is 2.46. The second kappa shape index (κ2) is 6.81. The van der Waals surface area contributed by atoms with E-state index in [9.17, 15) is 9.59 Å². The molecule has 0 saturated carbocycles. The van der Waals surface area contributed by atoms with Crippen LogP contribution in [-0.2, 0) is 16.1 Å². The Morgan fingerprint density at radius 2 is 2.00 bits per heavy atom. The van der Waals surface area contributed by atoms with Gasteiger partial charge in [0.15, 0.2) is 0 Å². The fourth-order valence-corrected chi connectivity index (χ4v) is 2.46. The first-order valence-corrected chi connectivity index (χ1v) is 7.65. The molecule has 1 fully saturated rings. The van der Waals surface area contributed by atoms with Crippen LogP contribution in [-0.4, -0.2) is 35.1 Å². The molecular weight excluding hydrogens is 280 g/mol. The van der Waals surface area contributed by atoms with Crippen LogP contribution in [0.25, 0.3) is 0 Å². The third-order valence-electron chi connectivity index (χ3n) is 3.44. The Bertz CT molecular complexity index is 522. The number of alkyl carbamates (subject to hydrolysis) is 1. The maximum atomic E-state index is 12.0. The van der Waals surface area contributed by atoms with Crippen LogP contribution in [0.3, 0.4) is 0 Å². The molecule has 0 aliphatic carbocycles. The van der Waals surface area contributed by atoms with Gasteiger partial charge in [0.05, 0.1) is 6.04 Å². The van der Waals surface area contributed by atoms with Crippen LogP contribution in [0.1, 0.15) is 39.2 Å². The Morgan fingerprint density at radius 1 is 1.32 bits per heavy atom. The monoisotopic (exact) mass is 304 g/mol. The maximum absolute atomic E-state index is 12.0. The van der Waals surface area contributed by atoms with Crippen molar-refractivity contribution < 1.29 is 14.3 Å². The molecule has 1 aliphatic heterocycles. The lowest BCUT2D eigenvalue weighted by atomic mass is 10.0.